The molecule has 1 aliphatic rings. The fraction of sp³-hybridized carbons (Fsp3) is 0.417. The number of fused-ring (bicyclic) bond motifs is 1. The maximum atomic E-state index is 13.6. The number of amides is 2. The van der Waals surface area contributed by atoms with Crippen molar-refractivity contribution in [1.82, 2.24) is 10.2 Å². The third kappa shape index (κ3) is 6.96. The van der Waals surface area contributed by atoms with E-state index in [1.54, 1.807) is 31.2 Å². The van der Waals surface area contributed by atoms with Gasteiger partial charge in [-0.25, -0.2) is 8.42 Å². The second-order valence-electron chi connectivity index (χ2n) is 9.49. The van der Waals surface area contributed by atoms with Gasteiger partial charge < -0.3 is 19.7 Å². The molecule has 36 heavy (non-hydrogen) atoms. The normalized spacial score (nSPS) is 13.8. The predicted octanol–water partition coefficient (Wildman–Crippen LogP) is 3.82. The number of benzene rings is 2. The van der Waals surface area contributed by atoms with Gasteiger partial charge in [0.1, 0.15) is 12.6 Å². The molecule has 1 N–H and O–H groups in total. The molecule has 0 radical (unpaired) electrons. The van der Waals surface area contributed by atoms with Crippen LogP contribution >= 0.6 is 23.2 Å². The standard InChI is InChI=1S/C24H29Cl2N3O6S/c1-15(23(31)27-24(2,3)4)28(12-16-6-8-18(25)19(26)10-16)22(30)13-29(36(5,32)33)17-7-9-20-21(11-17)35-14-34-20/h6-11,15H,12-14H2,1-5H3,(H,27,31)/t15-/m1/s1. The van der Waals surface area contributed by atoms with E-state index >= 15 is 0 Å². The van der Waals surface area contributed by atoms with Crippen LogP contribution in [0.15, 0.2) is 36.4 Å². The number of nitrogens with zero attached hydrogens (tertiary/aromatic N) is 2. The van der Waals surface area contributed by atoms with Crippen LogP contribution in [0.3, 0.4) is 0 Å². The summed E-state index contributed by atoms with van der Waals surface area (Å²) < 4.78 is 37.0. The van der Waals surface area contributed by atoms with Gasteiger partial charge in [-0.3, -0.25) is 13.9 Å². The maximum Gasteiger partial charge on any atom is 0.244 e. The highest BCUT2D eigenvalue weighted by atomic mass is 35.5. The van der Waals surface area contributed by atoms with Crippen LogP contribution in [0.2, 0.25) is 10.0 Å². The number of rotatable bonds is 8. The monoisotopic (exact) mass is 557 g/mol. The van der Waals surface area contributed by atoms with Crippen LogP contribution in [0, 0.1) is 0 Å². The minimum Gasteiger partial charge on any atom is -0.454 e. The molecular weight excluding hydrogens is 529 g/mol. The third-order valence-corrected chi connectivity index (χ3v) is 7.21. The Labute approximate surface area is 221 Å². The first-order chi connectivity index (χ1) is 16.7. The Hall–Kier alpha value is -2.69. The lowest BCUT2D eigenvalue weighted by molar-refractivity contribution is -0.140. The molecule has 12 heteroatoms. The van der Waals surface area contributed by atoms with Gasteiger partial charge in [0.15, 0.2) is 11.5 Å². The molecule has 0 saturated heterocycles. The molecule has 196 valence electrons. The van der Waals surface area contributed by atoms with E-state index in [4.69, 9.17) is 32.7 Å². The summed E-state index contributed by atoms with van der Waals surface area (Å²) in [4.78, 5) is 27.9. The Morgan fingerprint density at radius 1 is 1.06 bits per heavy atom. The molecule has 0 unspecified atom stereocenters. The lowest BCUT2D eigenvalue weighted by Crippen LogP contribution is -2.54. The second-order valence-corrected chi connectivity index (χ2v) is 12.2. The lowest BCUT2D eigenvalue weighted by atomic mass is 10.1. The van der Waals surface area contributed by atoms with Crippen molar-refractivity contribution in [2.24, 2.45) is 0 Å². The van der Waals surface area contributed by atoms with Crippen molar-refractivity contribution in [1.29, 1.82) is 0 Å². The molecule has 0 aromatic heterocycles. The van der Waals surface area contributed by atoms with E-state index in [1.165, 1.54) is 17.0 Å². The van der Waals surface area contributed by atoms with Gasteiger partial charge in [0, 0.05) is 18.2 Å². The van der Waals surface area contributed by atoms with Crippen LogP contribution in [-0.2, 0) is 26.2 Å². The summed E-state index contributed by atoms with van der Waals surface area (Å²) in [6.07, 6.45) is 1.00. The molecule has 0 aliphatic carbocycles. The SMILES string of the molecule is C[C@H](C(=O)NC(C)(C)C)N(Cc1ccc(Cl)c(Cl)c1)C(=O)CN(c1ccc2c(c1)OCO2)S(C)(=O)=O. The number of hydrogen-bond acceptors (Lipinski definition) is 6. The van der Waals surface area contributed by atoms with Gasteiger partial charge in [-0.05, 0) is 57.5 Å². The summed E-state index contributed by atoms with van der Waals surface area (Å²) in [6.45, 7) is 6.56. The van der Waals surface area contributed by atoms with Gasteiger partial charge >= 0.3 is 0 Å². The van der Waals surface area contributed by atoms with Crippen LogP contribution in [0.25, 0.3) is 0 Å². The molecule has 3 rings (SSSR count). The van der Waals surface area contributed by atoms with Crippen LogP contribution < -0.4 is 19.1 Å². The Morgan fingerprint density at radius 2 is 1.72 bits per heavy atom. The quantitative estimate of drug-likeness (QED) is 0.528. The van der Waals surface area contributed by atoms with Gasteiger partial charge in [0.2, 0.25) is 28.6 Å². The van der Waals surface area contributed by atoms with Crippen molar-refractivity contribution in [3.63, 3.8) is 0 Å². The van der Waals surface area contributed by atoms with Gasteiger partial charge in [0.05, 0.1) is 22.0 Å². The molecule has 0 spiro atoms. The zero-order chi connectivity index (χ0) is 26.8. The van der Waals surface area contributed by atoms with Crippen molar-refractivity contribution < 1.29 is 27.5 Å². The zero-order valence-electron chi connectivity index (χ0n) is 20.7. The second kappa shape index (κ2) is 10.7. The molecule has 0 saturated carbocycles. The van der Waals surface area contributed by atoms with Crippen LogP contribution in [0.4, 0.5) is 5.69 Å². The summed E-state index contributed by atoms with van der Waals surface area (Å²) in [5, 5.41) is 3.51. The highest BCUT2D eigenvalue weighted by Crippen LogP contribution is 2.36. The average Bonchev–Trinajstić information content (AvgIpc) is 3.23. The molecule has 2 amide bonds. The maximum absolute atomic E-state index is 13.6. The molecule has 9 nitrogen and oxygen atoms in total. The first-order valence-corrected chi connectivity index (χ1v) is 13.7. The van der Waals surface area contributed by atoms with Crippen molar-refractivity contribution in [2.45, 2.75) is 45.8 Å². The summed E-state index contributed by atoms with van der Waals surface area (Å²) in [6, 6.07) is 8.57. The minimum absolute atomic E-state index is 0.00714. The Balaban J connectivity index is 1.94. The van der Waals surface area contributed by atoms with E-state index in [0.717, 1.165) is 10.6 Å². The Bertz CT molecular complexity index is 1260. The largest absolute Gasteiger partial charge is 0.454 e. The summed E-state index contributed by atoms with van der Waals surface area (Å²) in [5.74, 6) is -0.114. The first-order valence-electron chi connectivity index (χ1n) is 11.1. The zero-order valence-corrected chi connectivity index (χ0v) is 23.0. The number of carbonyl (C=O) groups excluding carboxylic acids is 2. The fourth-order valence-electron chi connectivity index (χ4n) is 3.55. The highest BCUT2D eigenvalue weighted by Gasteiger charge is 2.32. The first kappa shape index (κ1) is 27.9. The van der Waals surface area contributed by atoms with E-state index in [0.29, 0.717) is 27.1 Å². The minimum atomic E-state index is -3.87. The number of nitrogens with one attached hydrogen (secondary N) is 1. The van der Waals surface area contributed by atoms with Crippen molar-refractivity contribution in [3.05, 3.63) is 52.0 Å². The summed E-state index contributed by atoms with van der Waals surface area (Å²) >= 11 is 12.2. The summed E-state index contributed by atoms with van der Waals surface area (Å²) in [5.41, 5.74) is 0.327. The Kier molecular flexibility index (Phi) is 8.32. The van der Waals surface area contributed by atoms with E-state index in [1.807, 2.05) is 20.8 Å². The topological polar surface area (TPSA) is 105 Å². The summed E-state index contributed by atoms with van der Waals surface area (Å²) in [7, 11) is -3.87. The predicted molar refractivity (Wildman–Crippen MR) is 139 cm³/mol. The average molecular weight is 558 g/mol. The van der Waals surface area contributed by atoms with Crippen molar-refractivity contribution in [2.75, 3.05) is 23.9 Å². The number of ether oxygens (including phenoxy) is 2. The van der Waals surface area contributed by atoms with Crippen molar-refractivity contribution in [3.8, 4) is 11.5 Å². The number of halogens is 2. The van der Waals surface area contributed by atoms with Gasteiger partial charge in [-0.15, -0.1) is 0 Å². The van der Waals surface area contributed by atoms with E-state index in [9.17, 15) is 18.0 Å². The molecule has 1 heterocycles. The highest BCUT2D eigenvalue weighted by molar-refractivity contribution is 7.92. The van der Waals surface area contributed by atoms with Gasteiger partial charge in [-0.2, -0.15) is 0 Å². The van der Waals surface area contributed by atoms with Crippen LogP contribution in [0.1, 0.15) is 33.3 Å². The fourth-order valence-corrected chi connectivity index (χ4v) is 4.71. The molecule has 1 atom stereocenters. The number of hydrogen-bond donors (Lipinski definition) is 1. The number of sulfonamides is 1. The molecular formula is C24H29Cl2N3O6S. The lowest BCUT2D eigenvalue weighted by Gasteiger charge is -2.33. The van der Waals surface area contributed by atoms with Gasteiger partial charge in [-0.1, -0.05) is 29.3 Å². The van der Waals surface area contributed by atoms with Crippen LogP contribution in [-0.4, -0.2) is 56.3 Å². The van der Waals surface area contributed by atoms with Gasteiger partial charge in [0.25, 0.3) is 0 Å². The van der Waals surface area contributed by atoms with E-state index < -0.39 is 34.1 Å². The molecule has 2 aromatic rings. The smallest absolute Gasteiger partial charge is 0.244 e. The van der Waals surface area contributed by atoms with Crippen molar-refractivity contribution >= 4 is 50.7 Å². The van der Waals surface area contributed by atoms with Crippen LogP contribution in [0.5, 0.6) is 11.5 Å². The molecule has 0 bridgehead atoms. The Morgan fingerprint density at radius 3 is 2.33 bits per heavy atom. The van der Waals surface area contributed by atoms with E-state index in [2.05, 4.69) is 5.32 Å². The molecule has 1 aliphatic heterocycles. The third-order valence-electron chi connectivity index (χ3n) is 5.33. The number of carbonyl (C=O) groups is 2. The molecule has 0 fully saturated rings. The molecule has 2 aromatic carbocycles. The van der Waals surface area contributed by atoms with E-state index in [-0.39, 0.29) is 24.9 Å². The number of anilines is 1.